The average Bonchev–Trinajstić information content (AvgIpc) is 3.15. The smallest absolute Gasteiger partial charge is 0.229 e. The first-order valence-electron chi connectivity index (χ1n) is 12.0. The fraction of sp³-hybridized carbons (Fsp3) is 0.600. The molecule has 1 amide bonds. The van der Waals surface area contributed by atoms with Crippen LogP contribution in [0.3, 0.4) is 0 Å². The van der Waals surface area contributed by atoms with Gasteiger partial charge in [0, 0.05) is 57.4 Å². The molecule has 0 radical (unpaired) electrons. The summed E-state index contributed by atoms with van der Waals surface area (Å²) in [5.74, 6) is 0.840. The van der Waals surface area contributed by atoms with Crippen molar-refractivity contribution in [1.82, 2.24) is 9.88 Å². The fourth-order valence-electron chi connectivity index (χ4n) is 5.42. The molecule has 8 nitrogen and oxygen atoms in total. The molecule has 2 N–H and O–H groups in total. The van der Waals surface area contributed by atoms with Gasteiger partial charge in [-0.3, -0.25) is 9.69 Å². The molecule has 2 aromatic rings. The maximum atomic E-state index is 12.7. The lowest BCUT2D eigenvalue weighted by Gasteiger charge is -2.45. The first-order chi connectivity index (χ1) is 16.4. The van der Waals surface area contributed by atoms with E-state index in [4.69, 9.17) is 21.1 Å². The number of hydrogen-bond donors (Lipinski definition) is 2. The molecular weight excluding hydrogens is 456 g/mol. The largest absolute Gasteiger partial charge is 0.389 e. The zero-order valence-corrected chi connectivity index (χ0v) is 20.6. The lowest BCUT2D eigenvalue weighted by atomic mass is 9.73. The van der Waals surface area contributed by atoms with Crippen molar-refractivity contribution in [2.75, 3.05) is 63.3 Å². The number of hydrogen-bond acceptors (Lipinski definition) is 7. The van der Waals surface area contributed by atoms with Gasteiger partial charge in [-0.2, -0.15) is 0 Å². The number of aliphatic hydroxyl groups excluding tert-OH is 1. The van der Waals surface area contributed by atoms with Crippen LogP contribution in [-0.4, -0.2) is 85.6 Å². The highest BCUT2D eigenvalue weighted by molar-refractivity contribution is 6.34. The number of benzene rings is 1. The summed E-state index contributed by atoms with van der Waals surface area (Å²) in [6.07, 6.45) is 3.21. The second-order valence-corrected chi connectivity index (χ2v) is 10.4. The molecule has 0 bridgehead atoms. The van der Waals surface area contributed by atoms with Gasteiger partial charge < -0.3 is 24.8 Å². The highest BCUT2D eigenvalue weighted by Gasteiger charge is 2.44. The number of nitrogens with one attached hydrogen (secondary N) is 1. The normalized spacial score (nSPS) is 29.9. The molecule has 1 saturated carbocycles. The molecule has 34 heavy (non-hydrogen) atoms. The minimum absolute atomic E-state index is 0.0111. The monoisotopic (exact) mass is 488 g/mol. The van der Waals surface area contributed by atoms with E-state index in [0.717, 1.165) is 55.5 Å². The highest BCUT2D eigenvalue weighted by Crippen LogP contribution is 2.36. The van der Waals surface area contributed by atoms with Crippen LogP contribution < -0.4 is 10.2 Å². The van der Waals surface area contributed by atoms with E-state index in [1.807, 2.05) is 12.1 Å². The van der Waals surface area contributed by atoms with Crippen LogP contribution in [0.2, 0.25) is 5.02 Å². The molecule has 3 heterocycles. The van der Waals surface area contributed by atoms with Gasteiger partial charge in [0.05, 0.1) is 35.6 Å². The third kappa shape index (κ3) is 4.38. The molecule has 1 aromatic heterocycles. The van der Waals surface area contributed by atoms with Gasteiger partial charge in [-0.15, -0.1) is 0 Å². The van der Waals surface area contributed by atoms with Crippen molar-refractivity contribution in [1.29, 1.82) is 0 Å². The number of rotatable bonds is 6. The van der Waals surface area contributed by atoms with Gasteiger partial charge in [-0.1, -0.05) is 11.6 Å². The summed E-state index contributed by atoms with van der Waals surface area (Å²) < 4.78 is 10.7. The summed E-state index contributed by atoms with van der Waals surface area (Å²) in [4.78, 5) is 21.7. The van der Waals surface area contributed by atoms with Crippen molar-refractivity contribution in [3.63, 3.8) is 0 Å². The Balaban J connectivity index is 1.29. The summed E-state index contributed by atoms with van der Waals surface area (Å²) in [7, 11) is 1.67. The van der Waals surface area contributed by atoms with E-state index in [0.29, 0.717) is 30.7 Å². The number of piperazine rings is 1. The van der Waals surface area contributed by atoms with Crippen molar-refractivity contribution in [2.45, 2.75) is 31.4 Å². The predicted molar refractivity (Wildman–Crippen MR) is 132 cm³/mol. The van der Waals surface area contributed by atoms with Crippen molar-refractivity contribution in [2.24, 2.45) is 11.8 Å². The van der Waals surface area contributed by atoms with Crippen LogP contribution >= 0.6 is 11.6 Å². The van der Waals surface area contributed by atoms with Gasteiger partial charge in [0.2, 0.25) is 5.91 Å². The maximum absolute atomic E-state index is 12.7. The van der Waals surface area contributed by atoms with Crippen LogP contribution in [0.5, 0.6) is 0 Å². The number of aromatic nitrogens is 1. The van der Waals surface area contributed by atoms with Crippen LogP contribution in [0.25, 0.3) is 10.8 Å². The number of amides is 1. The molecule has 184 valence electrons. The van der Waals surface area contributed by atoms with Crippen LogP contribution in [-0.2, 0) is 14.3 Å². The first kappa shape index (κ1) is 23.8. The Morgan fingerprint density at radius 3 is 2.71 bits per heavy atom. The molecular formula is C25H33ClN4O4. The van der Waals surface area contributed by atoms with Crippen molar-refractivity contribution < 1.29 is 19.4 Å². The van der Waals surface area contributed by atoms with Gasteiger partial charge >= 0.3 is 0 Å². The predicted octanol–water partition coefficient (Wildman–Crippen LogP) is 2.77. The minimum Gasteiger partial charge on any atom is -0.389 e. The maximum Gasteiger partial charge on any atom is 0.229 e. The number of halogens is 1. The third-order valence-corrected chi connectivity index (χ3v) is 8.21. The van der Waals surface area contributed by atoms with E-state index in [9.17, 15) is 9.90 Å². The topological polar surface area (TPSA) is 87.2 Å². The number of ether oxygens (including phenoxy) is 2. The fourth-order valence-corrected chi connectivity index (χ4v) is 5.72. The van der Waals surface area contributed by atoms with Crippen LogP contribution in [0.4, 0.5) is 11.5 Å². The van der Waals surface area contributed by atoms with E-state index >= 15 is 0 Å². The molecule has 1 aromatic carbocycles. The Morgan fingerprint density at radius 2 is 2.06 bits per heavy atom. The Labute approximate surface area is 205 Å². The second kappa shape index (κ2) is 9.59. The molecule has 3 aliphatic rings. The summed E-state index contributed by atoms with van der Waals surface area (Å²) in [5.41, 5.74) is 0.644. The van der Waals surface area contributed by atoms with Crippen LogP contribution in [0.15, 0.2) is 24.4 Å². The highest BCUT2D eigenvalue weighted by atomic mass is 35.5. The lowest BCUT2D eigenvalue weighted by molar-refractivity contribution is -0.126. The molecule has 3 fully saturated rings. The standard InChI is InChI=1S/C25H33ClN4O4/c1-25(15-34-14-22(25)31)30-7-5-29(6-8-30)21-10-17-11-23(27-12-18(17)9-20(21)26)28-24(32)19-4-3-16(19)13-33-2/h9-12,16,19,22,31H,3-8,13-15H2,1-2H3,(H,27,28,32)/t16-,19-,22-,25+/m1/s1. The molecule has 0 unspecified atom stereocenters. The van der Waals surface area contributed by atoms with Gasteiger partial charge in [0.1, 0.15) is 5.82 Å². The quantitative estimate of drug-likeness (QED) is 0.646. The van der Waals surface area contributed by atoms with Crippen molar-refractivity contribution >= 4 is 39.8 Å². The number of carbonyl (C=O) groups excluding carboxylic acids is 1. The average molecular weight is 489 g/mol. The second-order valence-electron chi connectivity index (χ2n) is 9.97. The van der Waals surface area contributed by atoms with Crippen LogP contribution in [0, 0.1) is 11.8 Å². The summed E-state index contributed by atoms with van der Waals surface area (Å²) in [5, 5.41) is 16.0. The SMILES string of the molecule is COC[C@H]1CC[C@H]1C(=O)Nc1cc2cc(N3CCN([C@@]4(C)COC[C@H]4O)CC3)c(Cl)cc2cn1. The van der Waals surface area contributed by atoms with E-state index in [1.165, 1.54) is 0 Å². The Morgan fingerprint density at radius 1 is 1.26 bits per heavy atom. The Bertz CT molecular complexity index is 1060. The number of methoxy groups -OCH3 is 1. The first-order valence-corrected chi connectivity index (χ1v) is 12.4. The number of anilines is 2. The van der Waals surface area contributed by atoms with E-state index in [2.05, 4.69) is 33.1 Å². The minimum atomic E-state index is -0.464. The molecule has 1 aliphatic carbocycles. The summed E-state index contributed by atoms with van der Waals surface area (Å²) in [6.45, 7) is 6.92. The van der Waals surface area contributed by atoms with E-state index in [-0.39, 0.29) is 23.3 Å². The molecule has 9 heteroatoms. The van der Waals surface area contributed by atoms with Crippen molar-refractivity contribution in [3.8, 4) is 0 Å². The van der Waals surface area contributed by atoms with Gasteiger partial charge in [0.25, 0.3) is 0 Å². The zero-order chi connectivity index (χ0) is 23.9. The Kier molecular flexibility index (Phi) is 6.70. The number of aliphatic hydroxyl groups is 1. The van der Waals surface area contributed by atoms with Gasteiger partial charge in [-0.05, 0) is 49.3 Å². The van der Waals surface area contributed by atoms with Gasteiger partial charge in [-0.25, -0.2) is 4.98 Å². The van der Waals surface area contributed by atoms with Gasteiger partial charge in [0.15, 0.2) is 0 Å². The van der Waals surface area contributed by atoms with E-state index in [1.54, 1.807) is 13.3 Å². The number of carbonyl (C=O) groups is 1. The zero-order valence-electron chi connectivity index (χ0n) is 19.8. The van der Waals surface area contributed by atoms with Crippen LogP contribution in [0.1, 0.15) is 19.8 Å². The Hall–Kier alpha value is -1.97. The lowest BCUT2D eigenvalue weighted by Crippen LogP contribution is -2.60. The molecule has 4 atom stereocenters. The molecule has 5 rings (SSSR count). The molecule has 0 spiro atoms. The number of pyridine rings is 1. The molecule has 2 aliphatic heterocycles. The summed E-state index contributed by atoms with van der Waals surface area (Å²) >= 11 is 6.66. The van der Waals surface area contributed by atoms with E-state index < -0.39 is 6.10 Å². The third-order valence-electron chi connectivity index (χ3n) is 7.90. The van der Waals surface area contributed by atoms with Crippen molar-refractivity contribution in [3.05, 3.63) is 29.4 Å². The number of nitrogens with zero attached hydrogens (tertiary/aromatic N) is 3. The summed E-state index contributed by atoms with van der Waals surface area (Å²) in [6, 6.07) is 5.94. The number of fused-ring (bicyclic) bond motifs is 1. The molecule has 2 saturated heterocycles.